The summed E-state index contributed by atoms with van der Waals surface area (Å²) in [6.07, 6.45) is 6.37. The minimum Gasteiger partial charge on any atom is -0.330 e. The Morgan fingerprint density at radius 1 is 0.636 bits per heavy atom. The van der Waals surface area contributed by atoms with Crippen molar-refractivity contribution in [3.05, 3.63) is 119 Å². The normalized spacial score (nSPS) is 15.2. The molecule has 0 aromatic heterocycles. The second kappa shape index (κ2) is 27.6. The number of halogens is 1. The Morgan fingerprint density at radius 2 is 1.03 bits per heavy atom. The fourth-order valence-electron chi connectivity index (χ4n) is 7.62. The Morgan fingerprint density at radius 3 is 1.41 bits per heavy atom. The molecular formula is C51H75ClN6O6S2. The van der Waals surface area contributed by atoms with Crippen LogP contribution in [0.4, 0.5) is 11.4 Å². The van der Waals surface area contributed by atoms with Crippen molar-refractivity contribution in [3.8, 4) is 0 Å². The first-order chi connectivity index (χ1) is 30.8. The average Bonchev–Trinajstić information content (AvgIpc) is 3.28. The number of nitrogens with zero attached hydrogens (tertiary/aromatic N) is 2. The minimum absolute atomic E-state index is 0. The average molecular weight is 968 g/mol. The van der Waals surface area contributed by atoms with Gasteiger partial charge in [0.05, 0.1) is 9.79 Å². The van der Waals surface area contributed by atoms with E-state index in [-0.39, 0.29) is 36.0 Å². The number of anilines is 2. The van der Waals surface area contributed by atoms with E-state index in [0.717, 1.165) is 94.0 Å². The lowest BCUT2D eigenvalue weighted by Crippen LogP contribution is -2.35. The minimum atomic E-state index is -3.55. The number of carbonyl (C=O) groups excluding carboxylic acids is 2. The zero-order valence-electron chi connectivity index (χ0n) is 39.1. The molecule has 2 saturated heterocycles. The van der Waals surface area contributed by atoms with E-state index in [2.05, 4.69) is 49.4 Å². The van der Waals surface area contributed by atoms with Gasteiger partial charge in [0.2, 0.25) is 21.8 Å². The zero-order chi connectivity index (χ0) is 47.6. The molecule has 2 aliphatic rings. The van der Waals surface area contributed by atoms with E-state index >= 15 is 0 Å². The predicted molar refractivity (Wildman–Crippen MR) is 272 cm³/mol. The maximum atomic E-state index is 12.4. The summed E-state index contributed by atoms with van der Waals surface area (Å²) >= 11 is 0. The van der Waals surface area contributed by atoms with E-state index < -0.39 is 19.1 Å². The van der Waals surface area contributed by atoms with Gasteiger partial charge in [-0.25, -0.2) is 21.6 Å². The van der Waals surface area contributed by atoms with Crippen molar-refractivity contribution in [1.29, 1.82) is 0 Å². The van der Waals surface area contributed by atoms with Gasteiger partial charge in [-0.1, -0.05) is 94.8 Å². The van der Waals surface area contributed by atoms with Gasteiger partial charge >= 0.3 is 0 Å². The molecule has 0 saturated carbocycles. The number of rotatable bonds is 16. The number of likely N-dealkylation sites (tertiary alicyclic amines) is 2. The first kappa shape index (κ1) is 56.2. The largest absolute Gasteiger partial charge is 0.330 e. The molecule has 2 amide bonds. The number of hydrogen-bond acceptors (Lipinski definition) is 9. The lowest BCUT2D eigenvalue weighted by atomic mass is 9.89. The van der Waals surface area contributed by atoms with Gasteiger partial charge in [-0.15, -0.1) is 0 Å². The molecule has 2 aliphatic heterocycles. The zero-order valence-corrected chi connectivity index (χ0v) is 41.5. The highest BCUT2D eigenvalue weighted by molar-refractivity contribution is 8.13. The highest BCUT2D eigenvalue weighted by atomic mass is 35.7. The molecule has 0 unspecified atom stereocenters. The lowest BCUT2D eigenvalue weighted by molar-refractivity contribution is -0.119. The molecule has 0 radical (unpaired) electrons. The molecule has 0 bridgehead atoms. The van der Waals surface area contributed by atoms with Crippen molar-refractivity contribution in [2.45, 2.75) is 109 Å². The number of piperidine rings is 2. The van der Waals surface area contributed by atoms with E-state index in [4.69, 9.17) is 16.4 Å². The van der Waals surface area contributed by atoms with Gasteiger partial charge in [-0.3, -0.25) is 9.59 Å². The van der Waals surface area contributed by atoms with Gasteiger partial charge in [-0.2, -0.15) is 0 Å². The molecule has 4 aromatic carbocycles. The third kappa shape index (κ3) is 19.2. The molecule has 364 valence electrons. The SMILES string of the molecule is C.CC(C)C(=O)Nc1cccc(C2CCN(CCCN)CC2)c1.Cc1ccc(S(=O)(=O)Cl)cc1.Cc1ccc(S(=O)(=O)NCCCN2CCC(c3cccc(NC(=O)C(C)C)c3)CC2)cc1. The first-order valence-electron chi connectivity index (χ1n) is 22.9. The van der Waals surface area contributed by atoms with Crippen LogP contribution in [0.2, 0.25) is 0 Å². The van der Waals surface area contributed by atoms with Crippen LogP contribution in [-0.2, 0) is 28.7 Å². The summed E-state index contributed by atoms with van der Waals surface area (Å²) in [7, 11) is -1.91. The molecule has 15 heteroatoms. The monoisotopic (exact) mass is 966 g/mol. The van der Waals surface area contributed by atoms with Crippen LogP contribution in [0.5, 0.6) is 0 Å². The van der Waals surface area contributed by atoms with Crippen LogP contribution < -0.4 is 21.1 Å². The van der Waals surface area contributed by atoms with Gasteiger partial charge in [-0.05, 0) is 170 Å². The Balaban J connectivity index is 0.000000293. The number of carbonyl (C=O) groups is 2. The topological polar surface area (TPSA) is 171 Å². The molecule has 2 heterocycles. The lowest BCUT2D eigenvalue weighted by Gasteiger charge is -2.32. The number of benzene rings is 4. The van der Waals surface area contributed by atoms with Crippen LogP contribution in [0.1, 0.15) is 108 Å². The summed E-state index contributed by atoms with van der Waals surface area (Å²) in [4.78, 5) is 29.1. The van der Waals surface area contributed by atoms with Crippen LogP contribution in [0, 0.1) is 25.7 Å². The maximum Gasteiger partial charge on any atom is 0.261 e. The number of amides is 2. The van der Waals surface area contributed by atoms with Gasteiger partial charge in [0.1, 0.15) is 0 Å². The van der Waals surface area contributed by atoms with E-state index in [9.17, 15) is 26.4 Å². The van der Waals surface area contributed by atoms with Gasteiger partial charge in [0.25, 0.3) is 9.05 Å². The van der Waals surface area contributed by atoms with Crippen molar-refractivity contribution in [2.24, 2.45) is 17.6 Å². The first-order valence-corrected chi connectivity index (χ1v) is 26.7. The fraction of sp³-hybridized carbons (Fsp3) is 0.490. The number of nitrogens with one attached hydrogen (secondary N) is 3. The van der Waals surface area contributed by atoms with Crippen molar-refractivity contribution < 1.29 is 26.4 Å². The molecule has 2 fully saturated rings. The van der Waals surface area contributed by atoms with Crippen molar-refractivity contribution in [1.82, 2.24) is 14.5 Å². The molecule has 12 nitrogen and oxygen atoms in total. The molecular weight excluding hydrogens is 892 g/mol. The van der Waals surface area contributed by atoms with Crippen LogP contribution in [0.25, 0.3) is 0 Å². The summed E-state index contributed by atoms with van der Waals surface area (Å²) in [5, 5.41) is 5.98. The maximum absolute atomic E-state index is 12.4. The number of hydrogen-bond donors (Lipinski definition) is 4. The van der Waals surface area contributed by atoms with Crippen molar-refractivity contribution >= 4 is 52.9 Å². The highest BCUT2D eigenvalue weighted by Crippen LogP contribution is 2.31. The summed E-state index contributed by atoms with van der Waals surface area (Å²) in [6.45, 7) is 18.9. The molecule has 5 N–H and O–H groups in total. The summed E-state index contributed by atoms with van der Waals surface area (Å²) < 4.78 is 48.9. The van der Waals surface area contributed by atoms with E-state index in [1.54, 1.807) is 24.3 Å². The summed E-state index contributed by atoms with van der Waals surface area (Å²) in [5.74, 6) is 1.17. The molecule has 6 rings (SSSR count). The van der Waals surface area contributed by atoms with E-state index in [0.29, 0.717) is 23.3 Å². The number of nitrogens with two attached hydrogens (primary N) is 1. The quantitative estimate of drug-likeness (QED) is 0.0631. The summed E-state index contributed by atoms with van der Waals surface area (Å²) in [6, 6.07) is 29.8. The molecule has 66 heavy (non-hydrogen) atoms. The molecule has 0 aliphatic carbocycles. The Hall–Kier alpha value is -4.15. The highest BCUT2D eigenvalue weighted by Gasteiger charge is 2.23. The third-order valence-electron chi connectivity index (χ3n) is 11.7. The number of sulfonamides is 1. The standard InChI is InChI=1S/C25H35N3O3S.C18H29N3O.C7H7ClO2S.CH4/c1-19(2)25(29)27-23-7-4-6-22(18-23)21-12-16-28(17-13-21)15-5-14-26-32(30,31)24-10-8-20(3)9-11-24;1-14(2)18(22)20-17-6-3-5-16(13-17)15-7-11-21(12-8-15)10-4-9-19;1-6-2-4-7(5-3-6)11(8,9)10;/h4,6-11,18-19,21,26H,5,12-17H2,1-3H3,(H,27,29);3,5-6,13-15H,4,7-12,19H2,1-2H3,(H,20,22);2-5H,1H3;1H4. The second-order valence-corrected chi connectivity index (χ2v) is 22.1. The van der Waals surface area contributed by atoms with E-state index in [1.807, 2.05) is 77.9 Å². The van der Waals surface area contributed by atoms with Crippen LogP contribution in [0.15, 0.2) is 107 Å². The van der Waals surface area contributed by atoms with Crippen LogP contribution in [-0.4, -0.2) is 90.8 Å². The van der Waals surface area contributed by atoms with E-state index in [1.165, 1.54) is 36.1 Å². The van der Waals surface area contributed by atoms with Crippen molar-refractivity contribution in [2.75, 3.05) is 63.0 Å². The van der Waals surface area contributed by atoms with Crippen molar-refractivity contribution in [3.63, 3.8) is 0 Å². The van der Waals surface area contributed by atoms with Crippen LogP contribution >= 0.6 is 10.7 Å². The summed E-state index contributed by atoms with van der Waals surface area (Å²) in [5.41, 5.74) is 12.0. The number of aryl methyl sites for hydroxylation is 2. The second-order valence-electron chi connectivity index (χ2n) is 17.7. The Kier molecular flexibility index (Phi) is 23.5. The van der Waals surface area contributed by atoms with Gasteiger partial charge in [0, 0.05) is 40.4 Å². The Labute approximate surface area is 400 Å². The molecule has 0 spiro atoms. The predicted octanol–water partition coefficient (Wildman–Crippen LogP) is 9.51. The molecule has 4 aromatic rings. The fourth-order valence-corrected chi connectivity index (χ4v) is 9.46. The van der Waals surface area contributed by atoms with Gasteiger partial charge in [0.15, 0.2) is 0 Å². The van der Waals surface area contributed by atoms with Crippen LogP contribution in [0.3, 0.4) is 0 Å². The smallest absolute Gasteiger partial charge is 0.261 e. The van der Waals surface area contributed by atoms with Gasteiger partial charge < -0.3 is 26.2 Å². The molecule has 0 atom stereocenters. The third-order valence-corrected chi connectivity index (χ3v) is 14.6. The Bertz CT molecular complexity index is 2310.